The summed E-state index contributed by atoms with van der Waals surface area (Å²) in [4.78, 5) is 4.37. The van der Waals surface area contributed by atoms with Gasteiger partial charge in [-0.15, -0.1) is 0 Å². The highest BCUT2D eigenvalue weighted by Crippen LogP contribution is 2.24. The normalized spacial score (nSPS) is 17.1. The first kappa shape index (κ1) is 10.2. The second kappa shape index (κ2) is 4.44. The summed E-state index contributed by atoms with van der Waals surface area (Å²) in [6, 6.07) is 0. The SMILES string of the molecule is O=[SH](=O)C1=CCCCC(c2ncco2)=C1. The van der Waals surface area contributed by atoms with Crippen molar-refractivity contribution in [3.8, 4) is 0 Å². The summed E-state index contributed by atoms with van der Waals surface area (Å²) in [5.41, 5.74) is 0.850. The van der Waals surface area contributed by atoms with E-state index in [0.29, 0.717) is 10.8 Å². The van der Waals surface area contributed by atoms with Gasteiger partial charge in [-0.3, -0.25) is 0 Å². The Labute approximate surface area is 89.3 Å². The van der Waals surface area contributed by atoms with Crippen LogP contribution < -0.4 is 0 Å². The largest absolute Gasteiger partial charge is 0.445 e. The van der Waals surface area contributed by atoms with Crippen LogP contribution in [-0.4, -0.2) is 13.4 Å². The first-order valence-electron chi connectivity index (χ1n) is 4.72. The van der Waals surface area contributed by atoms with E-state index in [4.69, 9.17) is 4.42 Å². The van der Waals surface area contributed by atoms with Crippen LogP contribution in [0.2, 0.25) is 0 Å². The van der Waals surface area contributed by atoms with Crippen molar-refractivity contribution in [3.05, 3.63) is 35.4 Å². The van der Waals surface area contributed by atoms with Gasteiger partial charge < -0.3 is 4.42 Å². The van der Waals surface area contributed by atoms with E-state index in [1.807, 2.05) is 0 Å². The Balaban J connectivity index is 2.37. The van der Waals surface area contributed by atoms with E-state index in [2.05, 4.69) is 4.98 Å². The molecule has 15 heavy (non-hydrogen) atoms. The van der Waals surface area contributed by atoms with Crippen LogP contribution in [0.1, 0.15) is 25.2 Å². The van der Waals surface area contributed by atoms with Crippen LogP contribution in [0.15, 0.2) is 33.9 Å². The molecule has 0 spiro atoms. The van der Waals surface area contributed by atoms with Crippen molar-refractivity contribution in [3.63, 3.8) is 0 Å². The highest BCUT2D eigenvalue weighted by atomic mass is 32.2. The van der Waals surface area contributed by atoms with Crippen molar-refractivity contribution in [2.24, 2.45) is 0 Å². The number of hydrogen-bond donors (Lipinski definition) is 1. The van der Waals surface area contributed by atoms with Crippen LogP contribution in [0.25, 0.3) is 5.57 Å². The van der Waals surface area contributed by atoms with Gasteiger partial charge in [0, 0.05) is 5.57 Å². The van der Waals surface area contributed by atoms with E-state index in [9.17, 15) is 8.42 Å². The number of hydrogen-bond acceptors (Lipinski definition) is 4. The fourth-order valence-electron chi connectivity index (χ4n) is 1.53. The second-order valence-electron chi connectivity index (χ2n) is 3.29. The molecule has 1 aromatic heterocycles. The van der Waals surface area contributed by atoms with Gasteiger partial charge in [-0.2, -0.15) is 0 Å². The van der Waals surface area contributed by atoms with Crippen LogP contribution in [0.4, 0.5) is 0 Å². The quantitative estimate of drug-likeness (QED) is 0.779. The summed E-state index contributed by atoms with van der Waals surface area (Å²) in [5, 5.41) is 0. The zero-order valence-electron chi connectivity index (χ0n) is 8.05. The third-order valence-corrected chi connectivity index (χ3v) is 2.98. The van der Waals surface area contributed by atoms with Crippen molar-refractivity contribution in [2.45, 2.75) is 19.3 Å². The van der Waals surface area contributed by atoms with Crippen LogP contribution in [0, 0.1) is 0 Å². The Bertz CT molecular complexity index is 461. The van der Waals surface area contributed by atoms with Crippen molar-refractivity contribution in [1.82, 2.24) is 4.98 Å². The number of thiol groups is 1. The molecular weight excluding hydrogens is 214 g/mol. The van der Waals surface area contributed by atoms with Crippen LogP contribution in [0.3, 0.4) is 0 Å². The van der Waals surface area contributed by atoms with Gasteiger partial charge in [0.15, 0.2) is 10.7 Å². The Morgan fingerprint density at radius 2 is 2.27 bits per heavy atom. The van der Waals surface area contributed by atoms with Gasteiger partial charge in [-0.25, -0.2) is 13.4 Å². The lowest BCUT2D eigenvalue weighted by atomic mass is 10.1. The van der Waals surface area contributed by atoms with E-state index in [-0.39, 0.29) is 0 Å². The molecular formula is C10H11NO3S. The van der Waals surface area contributed by atoms with Gasteiger partial charge in [-0.1, -0.05) is 6.08 Å². The molecule has 0 radical (unpaired) electrons. The van der Waals surface area contributed by atoms with Gasteiger partial charge in [0.05, 0.1) is 11.1 Å². The number of aromatic nitrogens is 1. The topological polar surface area (TPSA) is 60.2 Å². The van der Waals surface area contributed by atoms with E-state index >= 15 is 0 Å². The standard InChI is InChI=1S/C10H11NO3S/c12-15(13)9-4-2-1-3-8(7-9)10-11-5-6-14-10/h4-7,15H,1-3H2. The number of allylic oxidation sites excluding steroid dienone is 3. The molecule has 0 aromatic carbocycles. The van der Waals surface area contributed by atoms with E-state index in [1.165, 1.54) is 6.26 Å². The van der Waals surface area contributed by atoms with E-state index in [0.717, 1.165) is 24.8 Å². The maximum atomic E-state index is 10.9. The van der Waals surface area contributed by atoms with Gasteiger partial charge in [-0.05, 0) is 25.3 Å². The maximum absolute atomic E-state index is 10.9. The lowest BCUT2D eigenvalue weighted by Gasteiger charge is -1.98. The third-order valence-electron chi connectivity index (χ3n) is 2.24. The summed E-state index contributed by atoms with van der Waals surface area (Å²) in [5.74, 6) is 0.514. The average molecular weight is 225 g/mol. The third kappa shape index (κ3) is 2.36. The highest BCUT2D eigenvalue weighted by molar-refractivity contribution is 7.77. The molecule has 0 aliphatic heterocycles. The van der Waals surface area contributed by atoms with Gasteiger partial charge in [0.25, 0.3) is 0 Å². The molecule has 4 nitrogen and oxygen atoms in total. The molecule has 1 aliphatic carbocycles. The van der Waals surface area contributed by atoms with E-state index < -0.39 is 10.7 Å². The Morgan fingerprint density at radius 1 is 1.40 bits per heavy atom. The molecule has 1 aromatic rings. The second-order valence-corrected chi connectivity index (χ2v) is 4.32. The Morgan fingerprint density at radius 3 is 2.93 bits per heavy atom. The van der Waals surface area contributed by atoms with Gasteiger partial charge in [0.2, 0.25) is 5.89 Å². The maximum Gasteiger partial charge on any atom is 0.221 e. The Hall–Kier alpha value is -1.36. The lowest BCUT2D eigenvalue weighted by molar-refractivity contribution is 0.538. The average Bonchev–Trinajstić information content (AvgIpc) is 2.62. The molecule has 0 saturated heterocycles. The minimum atomic E-state index is -2.52. The molecule has 1 aliphatic rings. The summed E-state index contributed by atoms with van der Waals surface area (Å²) in [6.07, 6.45) is 8.92. The molecule has 1 heterocycles. The van der Waals surface area contributed by atoms with Crippen LogP contribution in [-0.2, 0) is 10.7 Å². The molecule has 2 rings (SSSR count). The lowest BCUT2D eigenvalue weighted by Crippen LogP contribution is -1.85. The van der Waals surface area contributed by atoms with Crippen molar-refractivity contribution < 1.29 is 12.8 Å². The molecule has 0 unspecified atom stereocenters. The zero-order valence-corrected chi connectivity index (χ0v) is 8.94. The van der Waals surface area contributed by atoms with E-state index in [1.54, 1.807) is 18.3 Å². The number of oxazole rings is 1. The zero-order chi connectivity index (χ0) is 10.7. The monoisotopic (exact) mass is 225 g/mol. The molecule has 0 fully saturated rings. The first-order chi connectivity index (χ1) is 7.27. The predicted molar refractivity (Wildman–Crippen MR) is 56.7 cm³/mol. The molecule has 0 N–H and O–H groups in total. The highest BCUT2D eigenvalue weighted by Gasteiger charge is 2.11. The van der Waals surface area contributed by atoms with Crippen LogP contribution in [0.5, 0.6) is 0 Å². The molecule has 0 saturated carbocycles. The summed E-state index contributed by atoms with van der Waals surface area (Å²) in [6.45, 7) is 0. The predicted octanol–water partition coefficient (Wildman–Crippen LogP) is 1.74. The molecule has 0 atom stereocenters. The molecule has 5 heteroatoms. The minimum Gasteiger partial charge on any atom is -0.445 e. The number of nitrogens with zero attached hydrogens (tertiary/aromatic N) is 1. The van der Waals surface area contributed by atoms with Crippen LogP contribution >= 0.6 is 0 Å². The smallest absolute Gasteiger partial charge is 0.221 e. The van der Waals surface area contributed by atoms with Gasteiger partial charge in [0.1, 0.15) is 6.26 Å². The summed E-state index contributed by atoms with van der Waals surface area (Å²) in [7, 11) is -2.52. The van der Waals surface area contributed by atoms with Crippen molar-refractivity contribution in [2.75, 3.05) is 0 Å². The number of rotatable bonds is 2. The fourth-order valence-corrected chi connectivity index (χ4v) is 2.07. The fraction of sp³-hybridized carbons (Fsp3) is 0.300. The van der Waals surface area contributed by atoms with Crippen molar-refractivity contribution >= 4 is 16.3 Å². The molecule has 0 bridgehead atoms. The first-order valence-corrected chi connectivity index (χ1v) is 5.90. The molecule has 0 amide bonds. The Kier molecular flexibility index (Phi) is 3.01. The summed E-state index contributed by atoms with van der Waals surface area (Å²) < 4.78 is 26.9. The molecule has 80 valence electrons. The van der Waals surface area contributed by atoms with Crippen molar-refractivity contribution in [1.29, 1.82) is 0 Å². The minimum absolute atomic E-state index is 0.357. The van der Waals surface area contributed by atoms with Gasteiger partial charge >= 0.3 is 0 Å². The summed E-state index contributed by atoms with van der Waals surface area (Å²) >= 11 is 0.